The first-order chi connectivity index (χ1) is 9.96. The van der Waals surface area contributed by atoms with Gasteiger partial charge >= 0.3 is 0 Å². The number of hydrogen-bond donors (Lipinski definition) is 2. The molecule has 112 valence electrons. The molecular formula is C15H17BrN2O2S. The second-order valence-corrected chi connectivity index (χ2v) is 7.13. The number of rotatable bonds is 5. The lowest BCUT2D eigenvalue weighted by molar-refractivity contribution is 0.601. The van der Waals surface area contributed by atoms with Gasteiger partial charge < -0.3 is 5.32 Å². The molecule has 6 heteroatoms. The van der Waals surface area contributed by atoms with Gasteiger partial charge in [0.1, 0.15) is 0 Å². The number of aryl methyl sites for hydroxylation is 1. The van der Waals surface area contributed by atoms with Gasteiger partial charge in [0, 0.05) is 17.2 Å². The fourth-order valence-corrected chi connectivity index (χ4v) is 3.47. The molecule has 0 aliphatic carbocycles. The molecule has 0 radical (unpaired) electrons. The first-order valence-corrected chi connectivity index (χ1v) is 8.83. The van der Waals surface area contributed by atoms with Gasteiger partial charge in [-0.05, 0) is 54.4 Å². The van der Waals surface area contributed by atoms with Crippen LogP contribution in [0.25, 0.3) is 0 Å². The fourth-order valence-electron chi connectivity index (χ4n) is 1.96. The van der Waals surface area contributed by atoms with E-state index < -0.39 is 10.0 Å². The molecule has 0 saturated carbocycles. The van der Waals surface area contributed by atoms with E-state index in [1.54, 1.807) is 37.4 Å². The molecule has 0 bridgehead atoms. The molecule has 2 aromatic rings. The summed E-state index contributed by atoms with van der Waals surface area (Å²) >= 11 is 3.39. The van der Waals surface area contributed by atoms with Crippen LogP contribution < -0.4 is 10.0 Å². The van der Waals surface area contributed by atoms with E-state index in [9.17, 15) is 8.42 Å². The Bertz CT molecular complexity index is 728. The summed E-state index contributed by atoms with van der Waals surface area (Å²) in [5.74, 6) is 0. The smallest absolute Gasteiger partial charge is 0.261 e. The second-order valence-electron chi connectivity index (χ2n) is 4.53. The zero-order valence-corrected chi connectivity index (χ0v) is 14.3. The Labute approximate surface area is 133 Å². The molecule has 0 fully saturated rings. The van der Waals surface area contributed by atoms with Crippen LogP contribution in [0.4, 0.5) is 11.4 Å². The summed E-state index contributed by atoms with van der Waals surface area (Å²) in [5.41, 5.74) is 2.42. The van der Waals surface area contributed by atoms with Crippen molar-refractivity contribution in [1.29, 1.82) is 0 Å². The molecule has 0 amide bonds. The molecule has 2 aromatic carbocycles. The highest BCUT2D eigenvalue weighted by Crippen LogP contribution is 2.24. The molecule has 0 spiro atoms. The zero-order valence-electron chi connectivity index (χ0n) is 11.9. The van der Waals surface area contributed by atoms with E-state index >= 15 is 0 Å². The summed E-state index contributed by atoms with van der Waals surface area (Å²) in [4.78, 5) is 0.242. The third kappa shape index (κ3) is 3.77. The maximum atomic E-state index is 12.4. The Morgan fingerprint density at radius 2 is 1.76 bits per heavy atom. The van der Waals surface area contributed by atoms with E-state index in [2.05, 4.69) is 26.0 Å². The molecule has 0 aliphatic heterocycles. The van der Waals surface area contributed by atoms with Crippen LogP contribution in [0.5, 0.6) is 0 Å². The highest BCUT2D eigenvalue weighted by molar-refractivity contribution is 9.10. The van der Waals surface area contributed by atoms with Crippen LogP contribution in [0.1, 0.15) is 12.5 Å². The zero-order chi connectivity index (χ0) is 15.5. The first kappa shape index (κ1) is 15.9. The Morgan fingerprint density at radius 3 is 2.33 bits per heavy atom. The molecule has 0 aliphatic rings. The number of halogens is 1. The van der Waals surface area contributed by atoms with E-state index in [0.717, 1.165) is 22.1 Å². The van der Waals surface area contributed by atoms with Gasteiger partial charge in [-0.25, -0.2) is 8.42 Å². The Balaban J connectivity index is 2.32. The predicted molar refractivity (Wildman–Crippen MR) is 90.3 cm³/mol. The summed E-state index contributed by atoms with van der Waals surface area (Å²) in [6.07, 6.45) is 0.746. The number of sulfonamides is 1. The topological polar surface area (TPSA) is 58.2 Å². The summed E-state index contributed by atoms with van der Waals surface area (Å²) in [5, 5.41) is 2.96. The lowest BCUT2D eigenvalue weighted by Crippen LogP contribution is -2.14. The van der Waals surface area contributed by atoms with Gasteiger partial charge in [0.2, 0.25) is 0 Å². The lowest BCUT2D eigenvalue weighted by Gasteiger charge is -2.12. The summed E-state index contributed by atoms with van der Waals surface area (Å²) in [7, 11) is -1.79. The van der Waals surface area contributed by atoms with Crippen LogP contribution in [0, 0.1) is 0 Å². The number of anilines is 2. The van der Waals surface area contributed by atoms with Gasteiger partial charge in [-0.15, -0.1) is 0 Å². The minimum absolute atomic E-state index is 0.242. The molecule has 2 rings (SSSR count). The van der Waals surface area contributed by atoms with Crippen LogP contribution in [0.2, 0.25) is 0 Å². The standard InChI is InChI=1S/C15H17BrN2O2S/c1-3-11-10-12(16)4-9-15(11)18-21(19,20)14-7-5-13(17-2)6-8-14/h4-10,17-18H,3H2,1-2H3. The maximum absolute atomic E-state index is 12.4. The van der Waals surface area contributed by atoms with E-state index in [-0.39, 0.29) is 4.90 Å². The average molecular weight is 369 g/mol. The molecule has 0 atom stereocenters. The van der Waals surface area contributed by atoms with Crippen molar-refractivity contribution in [3.05, 3.63) is 52.5 Å². The third-order valence-corrected chi connectivity index (χ3v) is 5.02. The highest BCUT2D eigenvalue weighted by atomic mass is 79.9. The highest BCUT2D eigenvalue weighted by Gasteiger charge is 2.15. The van der Waals surface area contributed by atoms with Crippen molar-refractivity contribution in [2.45, 2.75) is 18.2 Å². The largest absolute Gasteiger partial charge is 0.388 e. The van der Waals surface area contributed by atoms with Crippen molar-refractivity contribution < 1.29 is 8.42 Å². The van der Waals surface area contributed by atoms with Gasteiger partial charge in [-0.3, -0.25) is 4.72 Å². The molecule has 4 nitrogen and oxygen atoms in total. The van der Waals surface area contributed by atoms with Crippen molar-refractivity contribution in [2.75, 3.05) is 17.1 Å². The van der Waals surface area contributed by atoms with Crippen LogP contribution >= 0.6 is 15.9 Å². The number of hydrogen-bond acceptors (Lipinski definition) is 3. The Hall–Kier alpha value is -1.53. The monoisotopic (exact) mass is 368 g/mol. The van der Waals surface area contributed by atoms with Crippen LogP contribution in [-0.2, 0) is 16.4 Å². The predicted octanol–water partition coefficient (Wildman–Crippen LogP) is 3.85. The van der Waals surface area contributed by atoms with Crippen molar-refractivity contribution in [1.82, 2.24) is 0 Å². The van der Waals surface area contributed by atoms with Crippen LogP contribution in [-0.4, -0.2) is 15.5 Å². The Morgan fingerprint density at radius 1 is 1.10 bits per heavy atom. The molecule has 2 N–H and O–H groups in total. The van der Waals surface area contributed by atoms with E-state index in [0.29, 0.717) is 5.69 Å². The number of benzene rings is 2. The minimum atomic E-state index is -3.58. The van der Waals surface area contributed by atoms with Gasteiger partial charge in [0.05, 0.1) is 10.6 Å². The van der Waals surface area contributed by atoms with E-state index in [1.165, 1.54) is 0 Å². The van der Waals surface area contributed by atoms with E-state index in [4.69, 9.17) is 0 Å². The molecule has 0 aromatic heterocycles. The van der Waals surface area contributed by atoms with Crippen molar-refractivity contribution in [3.8, 4) is 0 Å². The van der Waals surface area contributed by atoms with Crippen LogP contribution in [0.15, 0.2) is 51.8 Å². The molecule has 0 unspecified atom stereocenters. The minimum Gasteiger partial charge on any atom is -0.388 e. The van der Waals surface area contributed by atoms with Crippen LogP contribution in [0.3, 0.4) is 0 Å². The maximum Gasteiger partial charge on any atom is 0.261 e. The van der Waals surface area contributed by atoms with Crippen molar-refractivity contribution >= 4 is 37.3 Å². The van der Waals surface area contributed by atoms with Gasteiger partial charge in [0.15, 0.2) is 0 Å². The SMILES string of the molecule is CCc1cc(Br)ccc1NS(=O)(=O)c1ccc(NC)cc1. The summed E-state index contributed by atoms with van der Waals surface area (Å²) < 4.78 is 28.4. The molecule has 0 saturated heterocycles. The lowest BCUT2D eigenvalue weighted by atomic mass is 10.1. The average Bonchev–Trinajstić information content (AvgIpc) is 2.49. The van der Waals surface area contributed by atoms with Gasteiger partial charge in [-0.1, -0.05) is 22.9 Å². The summed E-state index contributed by atoms with van der Waals surface area (Å²) in [6.45, 7) is 1.99. The fraction of sp³-hybridized carbons (Fsp3) is 0.200. The Kier molecular flexibility index (Phi) is 4.90. The molecule has 21 heavy (non-hydrogen) atoms. The van der Waals surface area contributed by atoms with E-state index in [1.807, 2.05) is 19.1 Å². The number of nitrogens with one attached hydrogen (secondary N) is 2. The third-order valence-electron chi connectivity index (χ3n) is 3.15. The quantitative estimate of drug-likeness (QED) is 0.842. The van der Waals surface area contributed by atoms with Crippen molar-refractivity contribution in [2.24, 2.45) is 0 Å². The van der Waals surface area contributed by atoms with Gasteiger partial charge in [-0.2, -0.15) is 0 Å². The summed E-state index contributed by atoms with van der Waals surface area (Å²) in [6, 6.07) is 12.1. The second kappa shape index (κ2) is 6.49. The normalized spacial score (nSPS) is 11.2. The van der Waals surface area contributed by atoms with Crippen molar-refractivity contribution in [3.63, 3.8) is 0 Å². The first-order valence-electron chi connectivity index (χ1n) is 6.55. The molecular weight excluding hydrogens is 352 g/mol. The van der Waals surface area contributed by atoms with Gasteiger partial charge in [0.25, 0.3) is 10.0 Å². The molecule has 0 heterocycles.